The van der Waals surface area contributed by atoms with Gasteiger partial charge in [-0.05, 0) is 28.8 Å². The summed E-state index contributed by atoms with van der Waals surface area (Å²) in [7, 11) is 0. The van der Waals surface area contributed by atoms with E-state index in [-0.39, 0.29) is 0 Å². The molecule has 6 nitrogen and oxygen atoms in total. The van der Waals surface area contributed by atoms with E-state index in [0.29, 0.717) is 23.3 Å². The van der Waals surface area contributed by atoms with E-state index < -0.39 is 0 Å². The molecule has 58 heavy (non-hydrogen) atoms. The molecule has 0 amide bonds. The van der Waals surface area contributed by atoms with E-state index in [4.69, 9.17) is 29.9 Å². The molecule has 6 heteroatoms. The fraction of sp³-hybridized carbons (Fsp3) is 0. The highest BCUT2D eigenvalue weighted by Gasteiger charge is 2.17. The first-order chi connectivity index (χ1) is 28.7. The van der Waals surface area contributed by atoms with E-state index in [1.165, 1.54) is 0 Å². The first-order valence-electron chi connectivity index (χ1n) is 19.2. The maximum atomic E-state index is 5.05. The Morgan fingerprint density at radius 2 is 0.672 bits per heavy atom. The number of aromatic nitrogens is 6. The molecule has 0 radical (unpaired) electrons. The predicted molar refractivity (Wildman–Crippen MR) is 234 cm³/mol. The molecule has 0 aliphatic rings. The van der Waals surface area contributed by atoms with Crippen molar-refractivity contribution in [3.8, 4) is 90.3 Å². The van der Waals surface area contributed by atoms with Gasteiger partial charge in [0.15, 0.2) is 23.3 Å². The van der Waals surface area contributed by atoms with Crippen LogP contribution in [-0.2, 0) is 0 Å². The van der Waals surface area contributed by atoms with Crippen LogP contribution in [0.2, 0.25) is 0 Å². The largest absolute Gasteiger partial charge is 0.256 e. The van der Waals surface area contributed by atoms with Gasteiger partial charge < -0.3 is 0 Å². The van der Waals surface area contributed by atoms with Gasteiger partial charge in [-0.2, -0.15) is 0 Å². The normalized spacial score (nSPS) is 11.1. The Bertz CT molecular complexity index is 2890. The van der Waals surface area contributed by atoms with Gasteiger partial charge in [-0.25, -0.2) is 24.9 Å². The van der Waals surface area contributed by atoms with Crippen LogP contribution in [0.3, 0.4) is 0 Å². The van der Waals surface area contributed by atoms with Gasteiger partial charge in [-0.1, -0.05) is 188 Å². The van der Waals surface area contributed by atoms with Crippen LogP contribution in [0.25, 0.3) is 101 Å². The van der Waals surface area contributed by atoms with Crippen molar-refractivity contribution in [2.45, 2.75) is 0 Å². The molecular formula is C52H34N6. The minimum absolute atomic E-state index is 0.613. The third-order valence-electron chi connectivity index (χ3n) is 10.2. The zero-order valence-corrected chi connectivity index (χ0v) is 31.3. The molecule has 0 aliphatic carbocycles. The summed E-state index contributed by atoms with van der Waals surface area (Å²) in [4.78, 5) is 29.7. The third-order valence-corrected chi connectivity index (χ3v) is 10.2. The van der Waals surface area contributed by atoms with Crippen LogP contribution >= 0.6 is 0 Å². The van der Waals surface area contributed by atoms with Gasteiger partial charge in [-0.3, -0.25) is 4.98 Å². The fourth-order valence-electron chi connectivity index (χ4n) is 7.29. The zero-order valence-electron chi connectivity index (χ0n) is 31.3. The molecule has 3 aromatic heterocycles. The van der Waals surface area contributed by atoms with Gasteiger partial charge >= 0.3 is 0 Å². The second-order valence-electron chi connectivity index (χ2n) is 14.0. The number of nitrogens with zero attached hydrogens (tertiary/aromatic N) is 6. The number of hydrogen-bond acceptors (Lipinski definition) is 6. The maximum absolute atomic E-state index is 5.05. The average molecular weight is 743 g/mol. The number of hydrogen-bond donors (Lipinski definition) is 0. The monoisotopic (exact) mass is 742 g/mol. The molecule has 0 saturated heterocycles. The second kappa shape index (κ2) is 15.3. The number of fused-ring (bicyclic) bond motifs is 1. The molecule has 0 fully saturated rings. The van der Waals surface area contributed by atoms with Crippen LogP contribution < -0.4 is 0 Å². The fourth-order valence-corrected chi connectivity index (χ4v) is 7.29. The highest BCUT2D eigenvalue weighted by molar-refractivity contribution is 6.02. The lowest BCUT2D eigenvalue weighted by molar-refractivity contribution is 1.07. The van der Waals surface area contributed by atoms with Crippen LogP contribution in [0, 0.1) is 0 Å². The molecule has 3 heterocycles. The van der Waals surface area contributed by atoms with Gasteiger partial charge in [0.25, 0.3) is 0 Å². The molecule has 272 valence electrons. The highest BCUT2D eigenvalue weighted by Crippen LogP contribution is 2.39. The Labute approximate surface area is 336 Å². The van der Waals surface area contributed by atoms with Crippen molar-refractivity contribution in [1.82, 2.24) is 29.9 Å². The highest BCUT2D eigenvalue weighted by atomic mass is 15.0. The Hall–Kier alpha value is -7.96. The van der Waals surface area contributed by atoms with Gasteiger partial charge in [-0.15, -0.1) is 0 Å². The summed E-state index contributed by atoms with van der Waals surface area (Å²) < 4.78 is 0. The first-order valence-corrected chi connectivity index (χ1v) is 19.2. The van der Waals surface area contributed by atoms with Crippen molar-refractivity contribution >= 4 is 10.9 Å². The van der Waals surface area contributed by atoms with Crippen molar-refractivity contribution < 1.29 is 0 Å². The summed E-state index contributed by atoms with van der Waals surface area (Å²) in [5.41, 5.74) is 12.7. The standard InChI is InChI=1S/C52H34N6/c1-5-14-36(15-6-1)45-34-46(55-49(54-45)40-16-7-2-8-17-40)37-25-23-35(24-26-37)44-32-31-39-22-13-33-53-48(39)47(44)38-27-29-43(30-28-38)52-57-50(41-18-9-3-10-19-41)56-51(58-52)42-20-11-4-12-21-42/h1-34H. The lowest BCUT2D eigenvalue weighted by atomic mass is 9.91. The van der Waals surface area contributed by atoms with E-state index in [1.807, 2.05) is 121 Å². The van der Waals surface area contributed by atoms with Gasteiger partial charge in [0.2, 0.25) is 0 Å². The molecule has 0 atom stereocenters. The molecular weight excluding hydrogens is 709 g/mol. The molecule has 7 aromatic carbocycles. The zero-order chi connectivity index (χ0) is 38.7. The summed E-state index contributed by atoms with van der Waals surface area (Å²) >= 11 is 0. The smallest absolute Gasteiger partial charge is 0.164 e. The van der Waals surface area contributed by atoms with Crippen molar-refractivity contribution in [1.29, 1.82) is 0 Å². The number of pyridine rings is 1. The van der Waals surface area contributed by atoms with Crippen molar-refractivity contribution in [2.24, 2.45) is 0 Å². The van der Waals surface area contributed by atoms with Crippen molar-refractivity contribution in [3.05, 3.63) is 206 Å². The van der Waals surface area contributed by atoms with E-state index in [0.717, 1.165) is 77.9 Å². The molecule has 10 aromatic rings. The predicted octanol–water partition coefficient (Wildman–Crippen LogP) is 12.5. The number of benzene rings is 7. The summed E-state index contributed by atoms with van der Waals surface area (Å²) in [6, 6.07) is 68.1. The quantitative estimate of drug-likeness (QED) is 0.154. The van der Waals surface area contributed by atoms with Crippen LogP contribution in [0.15, 0.2) is 206 Å². The molecule has 0 aliphatic heterocycles. The summed E-state index contributed by atoms with van der Waals surface area (Å²) in [6.45, 7) is 0. The molecule has 0 bridgehead atoms. The van der Waals surface area contributed by atoms with Crippen LogP contribution in [0.1, 0.15) is 0 Å². The van der Waals surface area contributed by atoms with E-state index in [9.17, 15) is 0 Å². The van der Waals surface area contributed by atoms with Crippen LogP contribution in [0.5, 0.6) is 0 Å². The Balaban J connectivity index is 1.04. The van der Waals surface area contributed by atoms with E-state index in [1.54, 1.807) is 0 Å². The molecule has 0 saturated carbocycles. The minimum atomic E-state index is 0.613. The molecule has 0 unspecified atom stereocenters. The lowest BCUT2D eigenvalue weighted by Gasteiger charge is -2.15. The summed E-state index contributed by atoms with van der Waals surface area (Å²) in [6.07, 6.45) is 1.86. The maximum Gasteiger partial charge on any atom is 0.164 e. The summed E-state index contributed by atoms with van der Waals surface area (Å²) in [5, 5.41) is 1.07. The van der Waals surface area contributed by atoms with Gasteiger partial charge in [0.05, 0.1) is 16.9 Å². The second-order valence-corrected chi connectivity index (χ2v) is 14.0. The minimum Gasteiger partial charge on any atom is -0.256 e. The van der Waals surface area contributed by atoms with Crippen molar-refractivity contribution in [2.75, 3.05) is 0 Å². The van der Waals surface area contributed by atoms with E-state index >= 15 is 0 Å². The Kier molecular flexibility index (Phi) is 9.10. The SMILES string of the molecule is c1ccc(-c2cc(-c3ccc(-c4ccc5cccnc5c4-c4ccc(-c5nc(-c6ccccc6)nc(-c6ccccc6)n5)cc4)cc3)nc(-c3ccccc3)n2)cc1. The van der Waals surface area contributed by atoms with Crippen molar-refractivity contribution in [3.63, 3.8) is 0 Å². The summed E-state index contributed by atoms with van der Waals surface area (Å²) in [5.74, 6) is 2.57. The Morgan fingerprint density at radius 1 is 0.276 bits per heavy atom. The van der Waals surface area contributed by atoms with E-state index in [2.05, 4.69) is 84.9 Å². The lowest BCUT2D eigenvalue weighted by Crippen LogP contribution is -2.00. The first kappa shape index (κ1) is 34.5. The molecule has 10 rings (SSSR count). The molecule has 0 N–H and O–H groups in total. The molecule has 0 spiro atoms. The average Bonchev–Trinajstić information content (AvgIpc) is 3.32. The van der Waals surface area contributed by atoms with Gasteiger partial charge in [0, 0.05) is 50.5 Å². The number of rotatable bonds is 8. The topological polar surface area (TPSA) is 77.3 Å². The van der Waals surface area contributed by atoms with Crippen LogP contribution in [-0.4, -0.2) is 29.9 Å². The van der Waals surface area contributed by atoms with Gasteiger partial charge in [0.1, 0.15) is 0 Å². The Morgan fingerprint density at radius 3 is 1.19 bits per heavy atom. The third kappa shape index (κ3) is 6.91. The van der Waals surface area contributed by atoms with Crippen LogP contribution in [0.4, 0.5) is 0 Å².